The van der Waals surface area contributed by atoms with Crippen molar-refractivity contribution in [1.29, 1.82) is 0 Å². The molecule has 2 N–H and O–H groups in total. The third-order valence-electron chi connectivity index (χ3n) is 3.64. The van der Waals surface area contributed by atoms with Gasteiger partial charge in [-0.05, 0) is 43.0 Å². The Kier molecular flexibility index (Phi) is 7.95. The summed E-state index contributed by atoms with van der Waals surface area (Å²) in [5.74, 6) is 0.137. The summed E-state index contributed by atoms with van der Waals surface area (Å²) >= 11 is 6.03. The van der Waals surface area contributed by atoms with Gasteiger partial charge >= 0.3 is 0 Å². The molecule has 2 aromatic rings. The summed E-state index contributed by atoms with van der Waals surface area (Å²) in [5.41, 5.74) is 2.24. The molecule has 3 nitrogen and oxygen atoms in total. The smallest absolute Gasteiger partial charge is 0.134 e. The molecule has 4 heteroatoms. The van der Waals surface area contributed by atoms with Crippen LogP contribution in [0, 0.1) is 0 Å². The molecule has 0 saturated heterocycles. The normalized spacial score (nSPS) is 10.8. The summed E-state index contributed by atoms with van der Waals surface area (Å²) in [6.07, 6.45) is 3.06. The first kappa shape index (κ1) is 17.8. The van der Waals surface area contributed by atoms with Crippen LogP contribution in [0.15, 0.2) is 48.5 Å². The number of benzene rings is 2. The highest BCUT2D eigenvalue weighted by Gasteiger charge is 2.03. The second-order valence-electron chi connectivity index (χ2n) is 5.48. The fourth-order valence-corrected chi connectivity index (χ4v) is 2.51. The first-order chi connectivity index (χ1) is 11.3. The van der Waals surface area contributed by atoms with Crippen molar-refractivity contribution >= 4 is 11.6 Å². The van der Waals surface area contributed by atoms with E-state index in [1.54, 1.807) is 12.1 Å². The van der Waals surface area contributed by atoms with E-state index in [1.807, 2.05) is 12.1 Å². The van der Waals surface area contributed by atoms with Crippen molar-refractivity contribution in [2.24, 2.45) is 0 Å². The van der Waals surface area contributed by atoms with E-state index in [1.165, 1.54) is 5.56 Å². The molecule has 2 rings (SSSR count). The second kappa shape index (κ2) is 10.3. The summed E-state index contributed by atoms with van der Waals surface area (Å²) in [4.78, 5) is 0. The molecule has 0 aliphatic heterocycles. The Balaban J connectivity index is 1.47. The van der Waals surface area contributed by atoms with E-state index >= 15 is 0 Å². The molecule has 124 valence electrons. The summed E-state index contributed by atoms with van der Waals surface area (Å²) in [7, 11) is 0. The molecule has 0 amide bonds. The van der Waals surface area contributed by atoms with Crippen LogP contribution in [0.5, 0.6) is 5.75 Å². The molecule has 0 saturated carbocycles. The van der Waals surface area contributed by atoms with E-state index in [2.05, 4.69) is 29.6 Å². The van der Waals surface area contributed by atoms with E-state index in [4.69, 9.17) is 16.3 Å². The van der Waals surface area contributed by atoms with Crippen LogP contribution in [0.3, 0.4) is 0 Å². The average molecular weight is 334 g/mol. The van der Waals surface area contributed by atoms with Crippen LogP contribution in [0.1, 0.15) is 24.0 Å². The fourth-order valence-electron chi connectivity index (χ4n) is 2.32. The zero-order chi connectivity index (χ0) is 16.3. The minimum atomic E-state index is 0.137. The highest BCUT2D eigenvalue weighted by Crippen LogP contribution is 2.26. The van der Waals surface area contributed by atoms with Gasteiger partial charge in [0.25, 0.3) is 0 Å². The summed E-state index contributed by atoms with van der Waals surface area (Å²) in [6, 6.07) is 15.7. The van der Waals surface area contributed by atoms with Gasteiger partial charge < -0.3 is 15.2 Å². The largest absolute Gasteiger partial charge is 0.506 e. The van der Waals surface area contributed by atoms with Crippen molar-refractivity contribution in [3.63, 3.8) is 0 Å². The lowest BCUT2D eigenvalue weighted by Crippen LogP contribution is -2.15. The summed E-state index contributed by atoms with van der Waals surface area (Å²) in [6.45, 7) is 3.15. The maximum atomic E-state index is 9.53. The van der Waals surface area contributed by atoms with Crippen molar-refractivity contribution in [1.82, 2.24) is 5.32 Å². The zero-order valence-electron chi connectivity index (χ0n) is 13.3. The third kappa shape index (κ3) is 6.61. The molecule has 0 aromatic heterocycles. The van der Waals surface area contributed by atoms with Gasteiger partial charge in [0, 0.05) is 13.2 Å². The molecule has 0 aliphatic carbocycles. The molecule has 0 radical (unpaired) electrons. The number of phenols is 1. The van der Waals surface area contributed by atoms with Crippen LogP contribution in [-0.4, -0.2) is 24.9 Å². The topological polar surface area (TPSA) is 41.5 Å². The molecule has 2 aromatic carbocycles. The molecular weight excluding hydrogens is 310 g/mol. The Morgan fingerprint density at radius 1 is 0.957 bits per heavy atom. The predicted molar refractivity (Wildman–Crippen MR) is 95.0 cm³/mol. The molecule has 0 aliphatic rings. The van der Waals surface area contributed by atoms with Crippen molar-refractivity contribution in [2.75, 3.05) is 19.8 Å². The van der Waals surface area contributed by atoms with Gasteiger partial charge in [0.1, 0.15) is 5.75 Å². The van der Waals surface area contributed by atoms with Crippen molar-refractivity contribution in [3.8, 4) is 5.75 Å². The van der Waals surface area contributed by atoms with Crippen LogP contribution in [0.4, 0.5) is 0 Å². The number of hydrogen-bond acceptors (Lipinski definition) is 3. The van der Waals surface area contributed by atoms with E-state index in [-0.39, 0.29) is 5.75 Å². The van der Waals surface area contributed by atoms with Gasteiger partial charge in [0.2, 0.25) is 0 Å². The van der Waals surface area contributed by atoms with Gasteiger partial charge in [0.15, 0.2) is 0 Å². The van der Waals surface area contributed by atoms with E-state index < -0.39 is 0 Å². The highest BCUT2D eigenvalue weighted by molar-refractivity contribution is 6.32. The van der Waals surface area contributed by atoms with Gasteiger partial charge in [-0.3, -0.25) is 0 Å². The van der Waals surface area contributed by atoms with Crippen molar-refractivity contribution < 1.29 is 9.84 Å². The number of hydrogen-bond donors (Lipinski definition) is 2. The van der Waals surface area contributed by atoms with E-state index in [0.717, 1.165) is 44.6 Å². The van der Waals surface area contributed by atoms with E-state index in [0.29, 0.717) is 11.6 Å². The minimum absolute atomic E-state index is 0.137. The van der Waals surface area contributed by atoms with Crippen LogP contribution < -0.4 is 5.32 Å². The standard InChI is InChI=1S/C19H24ClNO2/c20-19-17(9-6-10-18(19)22)15-21-12-4-5-13-23-14-11-16-7-2-1-3-8-16/h1-3,6-10,21-22H,4-5,11-15H2. The number of nitrogens with one attached hydrogen (secondary N) is 1. The number of aromatic hydroxyl groups is 1. The number of ether oxygens (including phenoxy) is 1. The Morgan fingerprint density at radius 3 is 2.61 bits per heavy atom. The maximum Gasteiger partial charge on any atom is 0.134 e. The lowest BCUT2D eigenvalue weighted by Gasteiger charge is -2.08. The Bertz CT molecular complexity index is 575. The third-order valence-corrected chi connectivity index (χ3v) is 4.08. The second-order valence-corrected chi connectivity index (χ2v) is 5.86. The predicted octanol–water partition coefficient (Wildman–Crippen LogP) is 4.17. The minimum Gasteiger partial charge on any atom is -0.506 e. The van der Waals surface area contributed by atoms with Crippen LogP contribution >= 0.6 is 11.6 Å². The summed E-state index contributed by atoms with van der Waals surface area (Å²) < 4.78 is 5.66. The fraction of sp³-hybridized carbons (Fsp3) is 0.368. The first-order valence-electron chi connectivity index (χ1n) is 8.06. The molecular formula is C19H24ClNO2. The number of rotatable bonds is 10. The Morgan fingerprint density at radius 2 is 1.78 bits per heavy atom. The van der Waals surface area contributed by atoms with Gasteiger partial charge in [-0.15, -0.1) is 0 Å². The van der Waals surface area contributed by atoms with Crippen molar-refractivity contribution in [2.45, 2.75) is 25.8 Å². The lowest BCUT2D eigenvalue weighted by molar-refractivity contribution is 0.133. The van der Waals surface area contributed by atoms with Crippen molar-refractivity contribution in [3.05, 3.63) is 64.7 Å². The van der Waals surface area contributed by atoms with Gasteiger partial charge in [0.05, 0.1) is 11.6 Å². The lowest BCUT2D eigenvalue weighted by atomic mass is 10.2. The maximum absolute atomic E-state index is 9.53. The van der Waals surface area contributed by atoms with E-state index in [9.17, 15) is 5.11 Å². The van der Waals surface area contributed by atoms with Crippen LogP contribution in [0.25, 0.3) is 0 Å². The molecule has 0 bridgehead atoms. The molecule has 23 heavy (non-hydrogen) atoms. The average Bonchev–Trinajstić information content (AvgIpc) is 2.58. The van der Waals surface area contributed by atoms with Crippen LogP contribution in [-0.2, 0) is 17.7 Å². The van der Waals surface area contributed by atoms with Crippen LogP contribution in [0.2, 0.25) is 5.02 Å². The zero-order valence-corrected chi connectivity index (χ0v) is 14.1. The quantitative estimate of drug-likeness (QED) is 0.641. The molecule has 0 unspecified atom stereocenters. The van der Waals surface area contributed by atoms with Gasteiger partial charge in [-0.25, -0.2) is 0 Å². The number of halogens is 1. The van der Waals surface area contributed by atoms with Gasteiger partial charge in [-0.1, -0.05) is 54.1 Å². The molecule has 0 fully saturated rings. The Hall–Kier alpha value is -1.55. The first-order valence-corrected chi connectivity index (χ1v) is 8.44. The number of unbranched alkanes of at least 4 members (excludes halogenated alkanes) is 1. The Labute approximate surface area is 143 Å². The highest BCUT2D eigenvalue weighted by atomic mass is 35.5. The summed E-state index contributed by atoms with van der Waals surface area (Å²) in [5, 5.41) is 13.3. The van der Waals surface area contributed by atoms with Gasteiger partial charge in [-0.2, -0.15) is 0 Å². The SMILES string of the molecule is Oc1cccc(CNCCCCOCCc2ccccc2)c1Cl. The monoisotopic (exact) mass is 333 g/mol. The molecule has 0 spiro atoms. The number of phenolic OH excluding ortho intramolecular Hbond substituents is 1. The molecule has 0 atom stereocenters. The molecule has 0 heterocycles.